The van der Waals surface area contributed by atoms with E-state index in [1.54, 1.807) is 13.8 Å². The summed E-state index contributed by atoms with van der Waals surface area (Å²) in [5, 5.41) is 2.68. The Bertz CT molecular complexity index is 1150. The number of hydrogen-bond acceptors (Lipinski definition) is 3. The summed E-state index contributed by atoms with van der Waals surface area (Å²) in [4.78, 5) is 12.9. The lowest BCUT2D eigenvalue weighted by Gasteiger charge is -2.26. The molecule has 0 aromatic heterocycles. The quantitative estimate of drug-likeness (QED) is 0.313. The SMILES string of the molecule is CC(C)N(CC(=O)NCc1ccc(F)c(-c2ccc(C(F)(F)F)cc2)c1)[S+]([O-])c1ccc(F)cc1. The van der Waals surface area contributed by atoms with E-state index in [4.69, 9.17) is 0 Å². The van der Waals surface area contributed by atoms with Gasteiger partial charge in [0.25, 0.3) is 0 Å². The molecule has 186 valence electrons. The number of rotatable bonds is 8. The predicted molar refractivity (Wildman–Crippen MR) is 123 cm³/mol. The zero-order chi connectivity index (χ0) is 25.8. The van der Waals surface area contributed by atoms with Gasteiger partial charge in [-0.15, -0.1) is 4.31 Å². The highest BCUT2D eigenvalue weighted by atomic mass is 32.2. The fraction of sp³-hybridized carbons (Fsp3) is 0.240. The molecule has 3 rings (SSSR count). The Morgan fingerprint density at radius 3 is 2.20 bits per heavy atom. The standard InChI is InChI=1S/C25H23F5N2O2S/c1-16(2)32(35(34)21-10-8-20(26)9-11-21)15-24(33)31-14-17-3-12-23(27)22(13-17)18-4-6-19(7-5-18)25(28,29)30/h3-13,16H,14-15H2,1-2H3,(H,31,33). The molecule has 10 heteroatoms. The first-order valence-electron chi connectivity index (χ1n) is 10.6. The van der Waals surface area contributed by atoms with E-state index in [-0.39, 0.29) is 30.3 Å². The Hall–Kier alpha value is -2.95. The van der Waals surface area contributed by atoms with Crippen molar-refractivity contribution in [3.63, 3.8) is 0 Å². The van der Waals surface area contributed by atoms with E-state index in [1.165, 1.54) is 58.9 Å². The zero-order valence-electron chi connectivity index (χ0n) is 18.9. The van der Waals surface area contributed by atoms with Gasteiger partial charge in [-0.05, 0) is 73.5 Å². The summed E-state index contributed by atoms with van der Waals surface area (Å²) in [6.45, 7) is 3.37. The summed E-state index contributed by atoms with van der Waals surface area (Å²) in [5.41, 5.74) is 0.0688. The summed E-state index contributed by atoms with van der Waals surface area (Å²) in [5.74, 6) is -1.51. The number of nitrogens with one attached hydrogen (secondary N) is 1. The van der Waals surface area contributed by atoms with Gasteiger partial charge in [-0.3, -0.25) is 4.79 Å². The summed E-state index contributed by atoms with van der Waals surface area (Å²) >= 11 is -1.69. The van der Waals surface area contributed by atoms with Crippen LogP contribution in [0.1, 0.15) is 25.0 Å². The Morgan fingerprint density at radius 2 is 1.63 bits per heavy atom. The summed E-state index contributed by atoms with van der Waals surface area (Å²) in [6.07, 6.45) is -4.49. The maximum Gasteiger partial charge on any atom is 0.416 e. The molecule has 1 unspecified atom stereocenters. The van der Waals surface area contributed by atoms with Crippen molar-refractivity contribution < 1.29 is 31.3 Å². The number of hydrogen-bond donors (Lipinski definition) is 1. The predicted octanol–water partition coefficient (Wildman–Crippen LogP) is 5.70. The lowest BCUT2D eigenvalue weighted by molar-refractivity contribution is -0.137. The second kappa shape index (κ2) is 11.2. The van der Waals surface area contributed by atoms with Crippen molar-refractivity contribution in [1.29, 1.82) is 0 Å². The van der Waals surface area contributed by atoms with Gasteiger partial charge >= 0.3 is 6.18 Å². The number of amides is 1. The first kappa shape index (κ1) is 26.7. The van der Waals surface area contributed by atoms with E-state index in [0.29, 0.717) is 10.5 Å². The monoisotopic (exact) mass is 510 g/mol. The topological polar surface area (TPSA) is 55.4 Å². The summed E-state index contributed by atoms with van der Waals surface area (Å²) < 4.78 is 80.2. The molecule has 4 nitrogen and oxygen atoms in total. The van der Waals surface area contributed by atoms with Crippen molar-refractivity contribution in [2.75, 3.05) is 6.54 Å². The molecule has 3 aromatic carbocycles. The Kier molecular flexibility index (Phi) is 8.52. The maximum absolute atomic E-state index is 14.4. The molecule has 0 aliphatic rings. The largest absolute Gasteiger partial charge is 0.593 e. The average molecular weight is 511 g/mol. The van der Waals surface area contributed by atoms with Gasteiger partial charge in [-0.1, -0.05) is 18.2 Å². The van der Waals surface area contributed by atoms with Crippen LogP contribution in [0.3, 0.4) is 0 Å². The van der Waals surface area contributed by atoms with Crippen molar-refractivity contribution >= 4 is 17.3 Å². The van der Waals surface area contributed by atoms with Gasteiger partial charge in [0, 0.05) is 12.1 Å². The molecule has 1 N–H and O–H groups in total. The van der Waals surface area contributed by atoms with Crippen LogP contribution in [0.15, 0.2) is 71.6 Å². The van der Waals surface area contributed by atoms with Crippen LogP contribution >= 0.6 is 0 Å². The third kappa shape index (κ3) is 7.03. The molecule has 0 fully saturated rings. The van der Waals surface area contributed by atoms with Crippen molar-refractivity contribution in [3.8, 4) is 11.1 Å². The molecule has 3 aromatic rings. The first-order chi connectivity index (χ1) is 16.5. The van der Waals surface area contributed by atoms with Crippen LogP contribution in [0.25, 0.3) is 11.1 Å². The molecule has 0 aliphatic carbocycles. The highest BCUT2D eigenvalue weighted by Crippen LogP contribution is 2.32. The molecular formula is C25H23F5N2O2S. The fourth-order valence-electron chi connectivity index (χ4n) is 3.26. The van der Waals surface area contributed by atoms with Gasteiger partial charge in [0.1, 0.15) is 18.2 Å². The van der Waals surface area contributed by atoms with E-state index in [1.807, 2.05) is 0 Å². The van der Waals surface area contributed by atoms with E-state index in [0.717, 1.165) is 12.1 Å². The molecular weight excluding hydrogens is 487 g/mol. The van der Waals surface area contributed by atoms with Gasteiger partial charge < -0.3 is 9.87 Å². The van der Waals surface area contributed by atoms with Crippen LogP contribution in [0.5, 0.6) is 0 Å². The van der Waals surface area contributed by atoms with Gasteiger partial charge in [0.2, 0.25) is 5.91 Å². The Labute approximate surface area is 203 Å². The Morgan fingerprint density at radius 1 is 1.00 bits per heavy atom. The van der Waals surface area contributed by atoms with Crippen LogP contribution in [0, 0.1) is 11.6 Å². The number of carbonyl (C=O) groups excluding carboxylic acids is 1. The molecule has 0 bridgehead atoms. The van der Waals surface area contributed by atoms with E-state index in [2.05, 4.69) is 5.32 Å². The van der Waals surface area contributed by atoms with Crippen molar-refractivity contribution in [2.24, 2.45) is 0 Å². The Balaban J connectivity index is 1.67. The van der Waals surface area contributed by atoms with E-state index < -0.39 is 40.6 Å². The minimum absolute atomic E-state index is 0.0296. The van der Waals surface area contributed by atoms with Crippen LogP contribution < -0.4 is 5.32 Å². The number of halogens is 5. The fourth-order valence-corrected chi connectivity index (χ4v) is 4.52. The second-order valence-electron chi connectivity index (χ2n) is 8.04. The highest BCUT2D eigenvalue weighted by Gasteiger charge is 2.30. The van der Waals surface area contributed by atoms with Crippen LogP contribution in [0.4, 0.5) is 22.0 Å². The lowest BCUT2D eigenvalue weighted by atomic mass is 10.0. The van der Waals surface area contributed by atoms with E-state index in [9.17, 15) is 31.3 Å². The van der Waals surface area contributed by atoms with Crippen LogP contribution in [-0.4, -0.2) is 27.4 Å². The van der Waals surface area contributed by atoms with Crippen molar-refractivity contribution in [1.82, 2.24) is 9.62 Å². The molecule has 0 heterocycles. The second-order valence-corrected chi connectivity index (χ2v) is 9.48. The van der Waals surface area contributed by atoms with Crippen LogP contribution in [0.2, 0.25) is 0 Å². The number of benzene rings is 3. The van der Waals surface area contributed by atoms with Gasteiger partial charge in [-0.2, -0.15) is 13.2 Å². The molecule has 0 radical (unpaired) electrons. The molecule has 35 heavy (non-hydrogen) atoms. The van der Waals surface area contributed by atoms with Crippen molar-refractivity contribution in [2.45, 2.75) is 37.5 Å². The zero-order valence-corrected chi connectivity index (χ0v) is 19.7. The molecule has 0 saturated heterocycles. The minimum atomic E-state index is -4.49. The summed E-state index contributed by atoms with van der Waals surface area (Å²) in [6, 6.07) is 13.1. The maximum atomic E-state index is 14.4. The molecule has 0 aliphatic heterocycles. The van der Waals surface area contributed by atoms with Crippen LogP contribution in [-0.2, 0) is 28.9 Å². The van der Waals surface area contributed by atoms with Gasteiger partial charge in [-0.25, -0.2) is 8.78 Å². The molecule has 1 atom stereocenters. The third-order valence-corrected chi connectivity index (χ3v) is 6.80. The molecule has 0 saturated carbocycles. The smallest absolute Gasteiger partial charge is 0.416 e. The van der Waals surface area contributed by atoms with Gasteiger partial charge in [0.05, 0.1) is 23.0 Å². The normalized spacial score (nSPS) is 12.7. The molecule has 1 amide bonds. The average Bonchev–Trinajstić information content (AvgIpc) is 2.81. The highest BCUT2D eigenvalue weighted by molar-refractivity contribution is 7.89. The number of alkyl halides is 3. The van der Waals surface area contributed by atoms with Gasteiger partial charge in [0.15, 0.2) is 4.90 Å². The minimum Gasteiger partial charge on any atom is -0.593 e. The summed E-state index contributed by atoms with van der Waals surface area (Å²) in [7, 11) is 0. The van der Waals surface area contributed by atoms with Crippen molar-refractivity contribution in [3.05, 3.63) is 89.5 Å². The van der Waals surface area contributed by atoms with E-state index >= 15 is 0 Å². The molecule has 0 spiro atoms. The lowest BCUT2D eigenvalue weighted by Crippen LogP contribution is -2.44. The number of carbonyl (C=O) groups is 1. The number of nitrogens with zero attached hydrogens (tertiary/aromatic N) is 1. The first-order valence-corrected chi connectivity index (χ1v) is 11.7. The third-order valence-electron chi connectivity index (χ3n) is 5.15.